The second-order valence-corrected chi connectivity index (χ2v) is 7.56. The van der Waals surface area contributed by atoms with Crippen LogP contribution in [0.15, 0.2) is 46.7 Å². The van der Waals surface area contributed by atoms with Gasteiger partial charge < -0.3 is 10.2 Å². The molecule has 1 aromatic carbocycles. The zero-order valence-corrected chi connectivity index (χ0v) is 14.5. The third kappa shape index (κ3) is 3.76. The van der Waals surface area contributed by atoms with E-state index in [-0.39, 0.29) is 23.5 Å². The molecular weight excluding hydrogens is 328 g/mol. The number of thiophene rings is 1. The highest BCUT2D eigenvalue weighted by molar-refractivity contribution is 8.01. The molecule has 0 bridgehead atoms. The van der Waals surface area contributed by atoms with Crippen LogP contribution in [0, 0.1) is 0 Å². The summed E-state index contributed by atoms with van der Waals surface area (Å²) in [6.45, 7) is 3.23. The van der Waals surface area contributed by atoms with Crippen molar-refractivity contribution in [2.75, 3.05) is 11.9 Å². The molecule has 1 aliphatic rings. The smallest absolute Gasteiger partial charge is 0.238 e. The summed E-state index contributed by atoms with van der Waals surface area (Å²) in [5, 5.41) is 4.53. The maximum absolute atomic E-state index is 12.6. The molecule has 4 nitrogen and oxygen atoms in total. The number of thioether (sulfide) groups is 1. The van der Waals surface area contributed by atoms with Crippen molar-refractivity contribution in [3.63, 3.8) is 0 Å². The van der Waals surface area contributed by atoms with Crippen molar-refractivity contribution in [2.24, 2.45) is 0 Å². The van der Waals surface area contributed by atoms with Crippen molar-refractivity contribution < 1.29 is 9.59 Å². The van der Waals surface area contributed by atoms with E-state index in [1.165, 1.54) is 11.8 Å². The van der Waals surface area contributed by atoms with E-state index in [0.29, 0.717) is 13.1 Å². The van der Waals surface area contributed by atoms with Crippen LogP contribution in [0.1, 0.15) is 18.2 Å². The quantitative estimate of drug-likeness (QED) is 0.900. The SMILES string of the molecule is CCN(Cc1cccs1)C(=O)C[C@H]1Sc2ccccc2NC1=O. The maximum atomic E-state index is 12.6. The molecule has 1 N–H and O–H groups in total. The molecule has 6 heteroatoms. The molecular formula is C17H18N2O2S2. The third-order valence-corrected chi connectivity index (χ3v) is 5.86. The highest BCUT2D eigenvalue weighted by Crippen LogP contribution is 2.36. The van der Waals surface area contributed by atoms with Crippen LogP contribution in [-0.2, 0) is 16.1 Å². The number of benzene rings is 1. The van der Waals surface area contributed by atoms with Gasteiger partial charge in [0.2, 0.25) is 11.8 Å². The number of amides is 2. The number of rotatable bonds is 5. The number of carbonyl (C=O) groups excluding carboxylic acids is 2. The topological polar surface area (TPSA) is 49.4 Å². The molecule has 0 fully saturated rings. The van der Waals surface area contributed by atoms with Crippen molar-refractivity contribution in [1.82, 2.24) is 4.90 Å². The van der Waals surface area contributed by atoms with Crippen LogP contribution in [0.2, 0.25) is 0 Å². The largest absolute Gasteiger partial charge is 0.338 e. The highest BCUT2D eigenvalue weighted by Gasteiger charge is 2.30. The number of nitrogens with zero attached hydrogens (tertiary/aromatic N) is 1. The highest BCUT2D eigenvalue weighted by atomic mass is 32.2. The molecule has 0 radical (unpaired) electrons. The fraction of sp³-hybridized carbons (Fsp3) is 0.294. The lowest BCUT2D eigenvalue weighted by Gasteiger charge is -2.26. The van der Waals surface area contributed by atoms with Crippen LogP contribution in [-0.4, -0.2) is 28.5 Å². The minimum atomic E-state index is -0.366. The summed E-state index contributed by atoms with van der Waals surface area (Å²) in [7, 11) is 0. The molecule has 2 heterocycles. The Kier molecular flexibility index (Phi) is 5.03. The lowest BCUT2D eigenvalue weighted by molar-refractivity contribution is -0.133. The number of para-hydroxylation sites is 1. The molecule has 3 rings (SSSR count). The van der Waals surface area contributed by atoms with Crippen LogP contribution < -0.4 is 5.32 Å². The van der Waals surface area contributed by atoms with Crippen LogP contribution in [0.25, 0.3) is 0 Å². The monoisotopic (exact) mass is 346 g/mol. The summed E-state index contributed by atoms with van der Waals surface area (Å²) >= 11 is 3.12. The number of hydrogen-bond donors (Lipinski definition) is 1. The predicted molar refractivity (Wildman–Crippen MR) is 94.7 cm³/mol. The number of hydrogen-bond acceptors (Lipinski definition) is 4. The molecule has 1 atom stereocenters. The van der Waals surface area contributed by atoms with Gasteiger partial charge in [-0.15, -0.1) is 23.1 Å². The second-order valence-electron chi connectivity index (χ2n) is 5.28. The molecule has 2 aromatic rings. The zero-order valence-electron chi connectivity index (χ0n) is 12.8. The van der Waals surface area contributed by atoms with Gasteiger partial charge in [-0.25, -0.2) is 0 Å². The lowest BCUT2D eigenvalue weighted by atomic mass is 10.2. The molecule has 0 saturated heterocycles. The van der Waals surface area contributed by atoms with Gasteiger partial charge >= 0.3 is 0 Å². The number of nitrogens with one attached hydrogen (secondary N) is 1. The van der Waals surface area contributed by atoms with E-state index >= 15 is 0 Å². The average molecular weight is 346 g/mol. The Labute approximate surface area is 143 Å². The molecule has 120 valence electrons. The number of fused-ring (bicyclic) bond motifs is 1. The van der Waals surface area contributed by atoms with E-state index in [2.05, 4.69) is 5.32 Å². The molecule has 1 aliphatic heterocycles. The second kappa shape index (κ2) is 7.19. The van der Waals surface area contributed by atoms with Crippen molar-refractivity contribution >= 4 is 40.6 Å². The van der Waals surface area contributed by atoms with Crippen molar-refractivity contribution in [1.29, 1.82) is 0 Å². The Balaban J connectivity index is 1.66. The summed E-state index contributed by atoms with van der Waals surface area (Å²) < 4.78 is 0. The molecule has 0 saturated carbocycles. The predicted octanol–water partition coefficient (Wildman–Crippen LogP) is 3.60. The van der Waals surface area contributed by atoms with Gasteiger partial charge in [-0.1, -0.05) is 18.2 Å². The maximum Gasteiger partial charge on any atom is 0.238 e. The Hall–Kier alpha value is -1.79. The fourth-order valence-electron chi connectivity index (χ4n) is 2.48. The third-order valence-electron chi connectivity index (χ3n) is 3.73. The number of carbonyl (C=O) groups is 2. The molecule has 23 heavy (non-hydrogen) atoms. The molecule has 0 spiro atoms. The van der Waals surface area contributed by atoms with E-state index in [4.69, 9.17) is 0 Å². The van der Waals surface area contributed by atoms with Crippen molar-refractivity contribution in [3.8, 4) is 0 Å². The van der Waals surface area contributed by atoms with Gasteiger partial charge in [0, 0.05) is 22.7 Å². The van der Waals surface area contributed by atoms with E-state index in [1.807, 2.05) is 48.7 Å². The first-order chi connectivity index (χ1) is 11.2. The first-order valence-electron chi connectivity index (χ1n) is 7.54. The van der Waals surface area contributed by atoms with Gasteiger partial charge in [-0.2, -0.15) is 0 Å². The van der Waals surface area contributed by atoms with Crippen LogP contribution in [0.4, 0.5) is 5.69 Å². The summed E-state index contributed by atoms with van der Waals surface area (Å²) in [4.78, 5) is 28.8. The Morgan fingerprint density at radius 1 is 1.26 bits per heavy atom. The normalized spacial score (nSPS) is 16.6. The van der Waals surface area contributed by atoms with Gasteiger partial charge in [-0.05, 0) is 30.5 Å². The van der Waals surface area contributed by atoms with Crippen molar-refractivity contribution in [3.05, 3.63) is 46.7 Å². The summed E-state index contributed by atoms with van der Waals surface area (Å²) in [5.74, 6) is -0.0674. The summed E-state index contributed by atoms with van der Waals surface area (Å²) in [6.07, 6.45) is 0.226. The van der Waals surface area contributed by atoms with Gasteiger partial charge in [0.05, 0.1) is 17.5 Å². The van der Waals surface area contributed by atoms with Crippen LogP contribution >= 0.6 is 23.1 Å². The van der Waals surface area contributed by atoms with Gasteiger partial charge in [-0.3, -0.25) is 9.59 Å². The zero-order chi connectivity index (χ0) is 16.2. The molecule has 0 unspecified atom stereocenters. The molecule has 2 amide bonds. The van der Waals surface area contributed by atoms with Gasteiger partial charge in [0.25, 0.3) is 0 Å². The van der Waals surface area contributed by atoms with E-state index < -0.39 is 0 Å². The van der Waals surface area contributed by atoms with E-state index in [0.717, 1.165) is 15.5 Å². The summed E-state index contributed by atoms with van der Waals surface area (Å²) in [5.41, 5.74) is 0.831. The van der Waals surface area contributed by atoms with Gasteiger partial charge in [0.1, 0.15) is 0 Å². The first kappa shape index (κ1) is 16.1. The first-order valence-corrected chi connectivity index (χ1v) is 9.30. The number of anilines is 1. The van der Waals surface area contributed by atoms with Crippen LogP contribution in [0.5, 0.6) is 0 Å². The Morgan fingerprint density at radius 2 is 2.09 bits per heavy atom. The standard InChI is InChI=1S/C17H18N2O2S2/c1-2-19(11-12-6-5-9-22-12)16(20)10-15-17(21)18-13-7-3-4-8-14(13)23-15/h3-9,15H,2,10-11H2,1H3,(H,18,21)/t15-/m1/s1. The van der Waals surface area contributed by atoms with E-state index in [9.17, 15) is 9.59 Å². The van der Waals surface area contributed by atoms with Crippen LogP contribution in [0.3, 0.4) is 0 Å². The fourth-order valence-corrected chi connectivity index (χ4v) is 4.30. The van der Waals surface area contributed by atoms with Gasteiger partial charge in [0.15, 0.2) is 0 Å². The lowest BCUT2D eigenvalue weighted by Crippen LogP contribution is -2.37. The van der Waals surface area contributed by atoms with Crippen molar-refractivity contribution in [2.45, 2.75) is 30.0 Å². The summed E-state index contributed by atoms with van der Waals surface area (Å²) in [6, 6.07) is 11.7. The molecule has 1 aromatic heterocycles. The minimum absolute atomic E-state index is 0.0212. The minimum Gasteiger partial charge on any atom is -0.338 e. The Morgan fingerprint density at radius 3 is 2.83 bits per heavy atom. The Bertz CT molecular complexity index is 700. The van der Waals surface area contributed by atoms with E-state index in [1.54, 1.807) is 16.2 Å². The molecule has 0 aliphatic carbocycles. The average Bonchev–Trinajstić information content (AvgIpc) is 3.06.